The largest absolute Gasteiger partial charge is 0.493 e. The zero-order valence-corrected chi connectivity index (χ0v) is 10.6. The van der Waals surface area contributed by atoms with Crippen molar-refractivity contribution in [1.29, 1.82) is 0 Å². The van der Waals surface area contributed by atoms with Crippen molar-refractivity contribution in [3.8, 4) is 5.75 Å². The molecule has 92 valence electrons. The highest BCUT2D eigenvalue weighted by Gasteiger charge is 2.29. The van der Waals surface area contributed by atoms with Gasteiger partial charge in [-0.25, -0.2) is 0 Å². The lowest BCUT2D eigenvalue weighted by molar-refractivity contribution is 0.315. The summed E-state index contributed by atoms with van der Waals surface area (Å²) in [7, 11) is 0. The molecule has 1 aliphatic rings. The summed E-state index contributed by atoms with van der Waals surface area (Å²) < 4.78 is 5.67. The fourth-order valence-corrected chi connectivity index (χ4v) is 2.53. The lowest BCUT2D eigenvalue weighted by Gasteiger charge is -2.18. The van der Waals surface area contributed by atoms with Crippen molar-refractivity contribution in [2.45, 2.75) is 12.0 Å². The first-order valence-corrected chi connectivity index (χ1v) is 6.36. The van der Waals surface area contributed by atoms with Gasteiger partial charge < -0.3 is 10.5 Å². The van der Waals surface area contributed by atoms with Crippen LogP contribution in [0.2, 0.25) is 5.02 Å². The smallest absolute Gasteiger partial charge is 0.122 e. The molecule has 1 heterocycles. The van der Waals surface area contributed by atoms with Crippen LogP contribution >= 0.6 is 11.6 Å². The molecule has 0 aromatic heterocycles. The third kappa shape index (κ3) is 1.98. The van der Waals surface area contributed by atoms with Gasteiger partial charge >= 0.3 is 0 Å². The SMILES string of the molecule is NC(c1ccc(Cl)cc1)C1COc2ccccc21. The second-order valence-corrected chi connectivity index (χ2v) is 4.97. The van der Waals surface area contributed by atoms with Crippen LogP contribution in [0, 0.1) is 0 Å². The van der Waals surface area contributed by atoms with Crippen LogP contribution in [0.4, 0.5) is 0 Å². The van der Waals surface area contributed by atoms with E-state index in [2.05, 4.69) is 6.07 Å². The summed E-state index contributed by atoms with van der Waals surface area (Å²) in [5.41, 5.74) is 8.62. The molecule has 18 heavy (non-hydrogen) atoms. The molecule has 3 heteroatoms. The predicted octanol–water partition coefficient (Wildman–Crippen LogP) is 3.52. The van der Waals surface area contributed by atoms with Gasteiger partial charge in [0.1, 0.15) is 5.75 Å². The van der Waals surface area contributed by atoms with E-state index < -0.39 is 0 Å². The first kappa shape index (κ1) is 11.6. The second-order valence-electron chi connectivity index (χ2n) is 4.53. The van der Waals surface area contributed by atoms with E-state index >= 15 is 0 Å². The molecular formula is C15H14ClNO. The van der Waals surface area contributed by atoms with Gasteiger partial charge in [-0.3, -0.25) is 0 Å². The quantitative estimate of drug-likeness (QED) is 0.896. The predicted molar refractivity (Wildman–Crippen MR) is 73.1 cm³/mol. The highest BCUT2D eigenvalue weighted by Crippen LogP contribution is 2.39. The van der Waals surface area contributed by atoms with Gasteiger partial charge in [0.05, 0.1) is 6.61 Å². The number of para-hydroxylation sites is 1. The monoisotopic (exact) mass is 259 g/mol. The highest BCUT2D eigenvalue weighted by molar-refractivity contribution is 6.30. The van der Waals surface area contributed by atoms with Crippen LogP contribution in [0.1, 0.15) is 23.1 Å². The first-order chi connectivity index (χ1) is 8.75. The zero-order valence-electron chi connectivity index (χ0n) is 9.84. The van der Waals surface area contributed by atoms with Gasteiger partial charge in [-0.05, 0) is 23.8 Å². The molecule has 2 unspecified atom stereocenters. The van der Waals surface area contributed by atoms with E-state index in [4.69, 9.17) is 22.1 Å². The average Bonchev–Trinajstić information content (AvgIpc) is 2.82. The Bertz CT molecular complexity index is 553. The third-order valence-corrected chi connectivity index (χ3v) is 3.68. The van der Waals surface area contributed by atoms with Crippen molar-refractivity contribution in [1.82, 2.24) is 0 Å². The molecule has 3 rings (SSSR count). The molecule has 0 saturated carbocycles. The maximum Gasteiger partial charge on any atom is 0.122 e. The van der Waals surface area contributed by atoms with Crippen molar-refractivity contribution < 1.29 is 4.74 Å². The Morgan fingerprint density at radius 2 is 1.83 bits per heavy atom. The summed E-state index contributed by atoms with van der Waals surface area (Å²) in [4.78, 5) is 0. The molecule has 1 aliphatic heterocycles. The first-order valence-electron chi connectivity index (χ1n) is 5.98. The van der Waals surface area contributed by atoms with Crippen molar-refractivity contribution >= 4 is 11.6 Å². The number of nitrogens with two attached hydrogens (primary N) is 1. The van der Waals surface area contributed by atoms with Crippen LogP contribution < -0.4 is 10.5 Å². The standard InChI is InChI=1S/C15H14ClNO/c16-11-7-5-10(6-8-11)15(17)13-9-18-14-4-2-1-3-12(13)14/h1-8,13,15H,9,17H2. The van der Waals surface area contributed by atoms with E-state index in [0.29, 0.717) is 6.61 Å². The van der Waals surface area contributed by atoms with Crippen LogP contribution in [0.3, 0.4) is 0 Å². The minimum Gasteiger partial charge on any atom is -0.493 e. The Morgan fingerprint density at radius 1 is 1.11 bits per heavy atom. The van der Waals surface area contributed by atoms with Gasteiger partial charge in [0.15, 0.2) is 0 Å². The lowest BCUT2D eigenvalue weighted by atomic mass is 9.89. The molecule has 2 aromatic carbocycles. The Kier molecular flexibility index (Phi) is 2.98. The number of rotatable bonds is 2. The highest BCUT2D eigenvalue weighted by atomic mass is 35.5. The van der Waals surface area contributed by atoms with Crippen molar-refractivity contribution in [3.63, 3.8) is 0 Å². The molecule has 0 fully saturated rings. The zero-order chi connectivity index (χ0) is 12.5. The normalized spacial score (nSPS) is 19.1. The van der Waals surface area contributed by atoms with E-state index in [1.54, 1.807) is 0 Å². The maximum atomic E-state index is 6.34. The minimum atomic E-state index is -0.0640. The fourth-order valence-electron chi connectivity index (χ4n) is 2.40. The summed E-state index contributed by atoms with van der Waals surface area (Å²) >= 11 is 5.89. The van der Waals surface area contributed by atoms with E-state index in [1.165, 1.54) is 5.56 Å². The summed E-state index contributed by atoms with van der Waals surface area (Å²) in [5, 5.41) is 0.731. The molecule has 2 nitrogen and oxygen atoms in total. The number of ether oxygens (including phenoxy) is 1. The van der Waals surface area contributed by atoms with Gasteiger partial charge in [-0.1, -0.05) is 41.9 Å². The molecular weight excluding hydrogens is 246 g/mol. The van der Waals surface area contributed by atoms with Crippen molar-refractivity contribution in [3.05, 3.63) is 64.7 Å². The van der Waals surface area contributed by atoms with Crippen LogP contribution in [0.15, 0.2) is 48.5 Å². The number of halogens is 1. The Labute approximate surface area is 111 Å². The van der Waals surface area contributed by atoms with Crippen LogP contribution in [-0.4, -0.2) is 6.61 Å². The summed E-state index contributed by atoms with van der Waals surface area (Å²) in [6, 6.07) is 15.7. The van der Waals surface area contributed by atoms with E-state index in [9.17, 15) is 0 Å². The lowest BCUT2D eigenvalue weighted by Crippen LogP contribution is -2.20. The number of benzene rings is 2. The molecule has 0 radical (unpaired) electrons. The molecule has 2 aromatic rings. The second kappa shape index (κ2) is 4.63. The van der Waals surface area contributed by atoms with Gasteiger partial charge in [0.2, 0.25) is 0 Å². The molecule has 0 aliphatic carbocycles. The van der Waals surface area contributed by atoms with Gasteiger partial charge in [0, 0.05) is 22.5 Å². The molecule has 0 bridgehead atoms. The van der Waals surface area contributed by atoms with E-state index in [0.717, 1.165) is 16.3 Å². The molecule has 0 amide bonds. The maximum absolute atomic E-state index is 6.34. The van der Waals surface area contributed by atoms with Crippen LogP contribution in [0.5, 0.6) is 5.75 Å². The Hall–Kier alpha value is -1.51. The third-order valence-electron chi connectivity index (χ3n) is 3.43. The number of hydrogen-bond acceptors (Lipinski definition) is 2. The number of hydrogen-bond donors (Lipinski definition) is 1. The Morgan fingerprint density at radius 3 is 2.61 bits per heavy atom. The van der Waals surface area contributed by atoms with E-state index in [-0.39, 0.29) is 12.0 Å². The van der Waals surface area contributed by atoms with Crippen molar-refractivity contribution in [2.24, 2.45) is 5.73 Å². The fraction of sp³-hybridized carbons (Fsp3) is 0.200. The molecule has 0 spiro atoms. The van der Waals surface area contributed by atoms with Crippen molar-refractivity contribution in [2.75, 3.05) is 6.61 Å². The van der Waals surface area contributed by atoms with Gasteiger partial charge in [0.25, 0.3) is 0 Å². The Balaban J connectivity index is 1.90. The number of fused-ring (bicyclic) bond motifs is 1. The van der Waals surface area contributed by atoms with Gasteiger partial charge in [-0.2, -0.15) is 0 Å². The molecule has 2 N–H and O–H groups in total. The topological polar surface area (TPSA) is 35.2 Å². The molecule has 2 atom stereocenters. The van der Waals surface area contributed by atoms with Gasteiger partial charge in [-0.15, -0.1) is 0 Å². The average molecular weight is 260 g/mol. The summed E-state index contributed by atoms with van der Waals surface area (Å²) in [6.07, 6.45) is 0. The summed E-state index contributed by atoms with van der Waals surface area (Å²) in [5.74, 6) is 1.16. The minimum absolute atomic E-state index is 0.0640. The van der Waals surface area contributed by atoms with Crippen LogP contribution in [0.25, 0.3) is 0 Å². The molecule has 0 saturated heterocycles. The summed E-state index contributed by atoms with van der Waals surface area (Å²) in [6.45, 7) is 0.642. The van der Waals surface area contributed by atoms with Crippen LogP contribution in [-0.2, 0) is 0 Å². The van der Waals surface area contributed by atoms with E-state index in [1.807, 2.05) is 42.5 Å².